The topological polar surface area (TPSA) is 123 Å². The summed E-state index contributed by atoms with van der Waals surface area (Å²) in [4.78, 5) is 54.2. The summed E-state index contributed by atoms with van der Waals surface area (Å²) < 4.78 is 16.3. The minimum absolute atomic E-state index is 0.0388. The lowest BCUT2D eigenvalue weighted by Crippen LogP contribution is -2.31. The number of nitrogens with one attached hydrogen (secondary N) is 2. The molecule has 46 heavy (non-hydrogen) atoms. The predicted octanol–water partition coefficient (Wildman–Crippen LogP) is 5.51. The van der Waals surface area contributed by atoms with Crippen molar-refractivity contribution in [2.75, 3.05) is 38.9 Å². The fourth-order valence-electron chi connectivity index (χ4n) is 4.82. The van der Waals surface area contributed by atoms with Crippen LogP contribution in [0, 0.1) is 0 Å². The maximum atomic E-state index is 13.7. The number of ether oxygens (including phenoxy) is 3. The van der Waals surface area contributed by atoms with Gasteiger partial charge in [-0.15, -0.1) is 11.8 Å². The first-order chi connectivity index (χ1) is 22.3. The van der Waals surface area contributed by atoms with Crippen LogP contribution in [0.4, 0.5) is 5.69 Å². The first-order valence-corrected chi connectivity index (χ1v) is 15.2. The molecule has 0 saturated carbocycles. The molecule has 2 N–H and O–H groups in total. The van der Waals surface area contributed by atoms with Gasteiger partial charge in [-0.05, 0) is 54.6 Å². The number of hydrogen-bond donors (Lipinski definition) is 2. The second-order valence-corrected chi connectivity index (χ2v) is 11.1. The van der Waals surface area contributed by atoms with E-state index >= 15 is 0 Å². The van der Waals surface area contributed by atoms with Crippen LogP contribution in [-0.2, 0) is 4.79 Å². The second-order valence-electron chi connectivity index (χ2n) is 9.97. The molecule has 1 heterocycles. The van der Waals surface area contributed by atoms with E-state index in [-0.39, 0.29) is 24.1 Å². The molecule has 0 spiro atoms. The summed E-state index contributed by atoms with van der Waals surface area (Å²) in [5, 5.41) is 5.58. The molecule has 234 valence electrons. The molecule has 0 aliphatic carbocycles. The Balaban J connectivity index is 1.34. The molecular weight excluding hydrogens is 606 g/mol. The van der Waals surface area contributed by atoms with Crippen LogP contribution in [0.1, 0.15) is 36.6 Å². The summed E-state index contributed by atoms with van der Waals surface area (Å²) in [7, 11) is 4.48. The summed E-state index contributed by atoms with van der Waals surface area (Å²) in [6.45, 7) is 0.235. The Morgan fingerprint density at radius 1 is 0.761 bits per heavy atom. The minimum Gasteiger partial charge on any atom is -0.496 e. The van der Waals surface area contributed by atoms with Crippen LogP contribution < -0.4 is 24.8 Å². The van der Waals surface area contributed by atoms with Gasteiger partial charge in [-0.3, -0.25) is 24.1 Å². The molecule has 0 aromatic heterocycles. The zero-order valence-electron chi connectivity index (χ0n) is 25.4. The van der Waals surface area contributed by atoms with Crippen molar-refractivity contribution in [1.82, 2.24) is 10.2 Å². The number of thioether (sulfide) groups is 1. The lowest BCUT2D eigenvalue weighted by Gasteiger charge is -2.15. The highest BCUT2D eigenvalue weighted by molar-refractivity contribution is 7.99. The first kappa shape index (κ1) is 31.9. The third-order valence-corrected chi connectivity index (χ3v) is 8.09. The van der Waals surface area contributed by atoms with Gasteiger partial charge < -0.3 is 24.8 Å². The summed E-state index contributed by atoms with van der Waals surface area (Å²) in [6, 6.07) is 25.7. The van der Waals surface area contributed by atoms with Gasteiger partial charge in [-0.2, -0.15) is 0 Å². The van der Waals surface area contributed by atoms with Crippen LogP contribution in [0.3, 0.4) is 0 Å². The Labute approximate surface area is 270 Å². The zero-order chi connectivity index (χ0) is 32.6. The molecule has 0 unspecified atom stereocenters. The number of carbonyl (C=O) groups excluding carboxylic acids is 4. The highest BCUT2D eigenvalue weighted by Gasteiger charge is 2.34. The van der Waals surface area contributed by atoms with Crippen molar-refractivity contribution in [3.8, 4) is 17.2 Å². The van der Waals surface area contributed by atoms with E-state index in [1.165, 1.54) is 44.1 Å². The van der Waals surface area contributed by atoms with Crippen molar-refractivity contribution in [1.29, 1.82) is 0 Å². The smallest absolute Gasteiger partial charge is 0.272 e. The SMILES string of the molecule is COc1cc(OC)c(OC)cc1/C=C(/NC(=O)c1ccccc1)C(=O)Nc1cccc(SCCN2C(=O)c3ccccc3C2=O)c1. The quantitative estimate of drug-likeness (QED) is 0.118. The standard InChI is InChI=1S/C35H31N3O7S/c1-43-29-21-31(45-3)30(44-2)19-23(29)18-28(37-32(39)22-10-5-4-6-11-22)33(40)36-24-12-9-13-25(20-24)46-17-16-38-34(41)26-14-7-8-15-27(26)35(38)42/h4-15,18-21H,16-17H2,1-3H3,(H,36,40)(H,37,39)/b28-18+. The minimum atomic E-state index is -0.575. The molecule has 1 aliphatic heterocycles. The number of anilines is 1. The van der Waals surface area contributed by atoms with Crippen molar-refractivity contribution in [3.63, 3.8) is 0 Å². The van der Waals surface area contributed by atoms with Crippen molar-refractivity contribution in [3.05, 3.63) is 119 Å². The number of carbonyl (C=O) groups is 4. The molecule has 10 nitrogen and oxygen atoms in total. The Morgan fingerprint density at radius 3 is 2.04 bits per heavy atom. The first-order valence-electron chi connectivity index (χ1n) is 14.2. The summed E-state index contributed by atoms with van der Waals surface area (Å²) in [5.74, 6) is 0.0555. The third kappa shape index (κ3) is 7.05. The molecule has 1 aliphatic rings. The van der Waals surface area contributed by atoms with E-state index in [1.54, 1.807) is 84.9 Å². The summed E-state index contributed by atoms with van der Waals surface area (Å²) >= 11 is 1.44. The fraction of sp³-hybridized carbons (Fsp3) is 0.143. The van der Waals surface area contributed by atoms with Gasteiger partial charge in [0.05, 0.1) is 32.5 Å². The number of benzene rings is 4. The van der Waals surface area contributed by atoms with E-state index in [4.69, 9.17) is 14.2 Å². The zero-order valence-corrected chi connectivity index (χ0v) is 26.2. The van der Waals surface area contributed by atoms with Gasteiger partial charge in [0.2, 0.25) is 0 Å². The molecule has 4 aromatic carbocycles. The van der Waals surface area contributed by atoms with Gasteiger partial charge in [-0.25, -0.2) is 0 Å². The van der Waals surface area contributed by atoms with E-state index in [0.29, 0.717) is 50.9 Å². The van der Waals surface area contributed by atoms with Crippen molar-refractivity contribution >= 4 is 47.2 Å². The third-order valence-electron chi connectivity index (χ3n) is 7.12. The van der Waals surface area contributed by atoms with Gasteiger partial charge in [-0.1, -0.05) is 36.4 Å². The largest absolute Gasteiger partial charge is 0.496 e. The molecule has 0 bridgehead atoms. The van der Waals surface area contributed by atoms with Crippen LogP contribution >= 0.6 is 11.8 Å². The Morgan fingerprint density at radius 2 is 1.39 bits per heavy atom. The lowest BCUT2D eigenvalue weighted by molar-refractivity contribution is -0.113. The number of amides is 4. The lowest BCUT2D eigenvalue weighted by atomic mass is 10.1. The number of imide groups is 1. The van der Waals surface area contributed by atoms with Crippen LogP contribution in [0.15, 0.2) is 102 Å². The molecule has 0 atom stereocenters. The van der Waals surface area contributed by atoms with E-state index in [0.717, 1.165) is 4.90 Å². The van der Waals surface area contributed by atoms with Gasteiger partial charge in [0.15, 0.2) is 11.5 Å². The van der Waals surface area contributed by atoms with Crippen molar-refractivity contribution < 1.29 is 33.4 Å². The van der Waals surface area contributed by atoms with Gasteiger partial charge in [0.25, 0.3) is 23.6 Å². The average Bonchev–Trinajstić information content (AvgIpc) is 3.33. The Hall–Kier alpha value is -5.55. The Kier molecular flexibility index (Phi) is 10.0. The van der Waals surface area contributed by atoms with E-state index < -0.39 is 11.8 Å². The van der Waals surface area contributed by atoms with Gasteiger partial charge in [0, 0.05) is 40.1 Å². The molecule has 0 radical (unpaired) electrons. The number of hydrogen-bond acceptors (Lipinski definition) is 8. The molecule has 4 aromatic rings. The molecule has 4 amide bonds. The highest BCUT2D eigenvalue weighted by Crippen LogP contribution is 2.36. The normalized spacial score (nSPS) is 12.4. The maximum absolute atomic E-state index is 13.7. The molecule has 11 heteroatoms. The molecule has 0 saturated heterocycles. The molecular formula is C35H31N3O7S. The van der Waals surface area contributed by atoms with Gasteiger partial charge in [0.1, 0.15) is 11.4 Å². The second kappa shape index (κ2) is 14.5. The number of fused-ring (bicyclic) bond motifs is 1. The average molecular weight is 638 g/mol. The monoisotopic (exact) mass is 637 g/mol. The van der Waals surface area contributed by atoms with Crippen LogP contribution in [-0.4, -0.2) is 62.2 Å². The summed E-state index contributed by atoms with van der Waals surface area (Å²) in [5.41, 5.74) is 2.11. The van der Waals surface area contributed by atoms with E-state index in [1.807, 2.05) is 6.07 Å². The Bertz CT molecular complexity index is 1790. The summed E-state index contributed by atoms with van der Waals surface area (Å²) in [6.07, 6.45) is 1.50. The predicted molar refractivity (Wildman–Crippen MR) is 176 cm³/mol. The fourth-order valence-corrected chi connectivity index (χ4v) is 5.72. The van der Waals surface area contributed by atoms with Crippen molar-refractivity contribution in [2.45, 2.75) is 4.90 Å². The van der Waals surface area contributed by atoms with Crippen LogP contribution in [0.2, 0.25) is 0 Å². The molecule has 0 fully saturated rings. The maximum Gasteiger partial charge on any atom is 0.272 e. The van der Waals surface area contributed by atoms with Gasteiger partial charge >= 0.3 is 0 Å². The number of nitrogens with zero attached hydrogens (tertiary/aromatic N) is 1. The number of methoxy groups -OCH3 is 3. The van der Waals surface area contributed by atoms with E-state index in [9.17, 15) is 19.2 Å². The molecule has 5 rings (SSSR count). The number of rotatable bonds is 12. The van der Waals surface area contributed by atoms with Crippen molar-refractivity contribution in [2.24, 2.45) is 0 Å². The highest BCUT2D eigenvalue weighted by atomic mass is 32.2. The van der Waals surface area contributed by atoms with E-state index in [2.05, 4.69) is 10.6 Å². The van der Waals surface area contributed by atoms with Crippen LogP contribution in [0.5, 0.6) is 17.2 Å². The van der Waals surface area contributed by atoms with Crippen LogP contribution in [0.25, 0.3) is 6.08 Å².